The van der Waals surface area contributed by atoms with E-state index in [2.05, 4.69) is 15.4 Å². The van der Waals surface area contributed by atoms with Gasteiger partial charge in [0.1, 0.15) is 18.7 Å². The molecule has 0 saturated carbocycles. The summed E-state index contributed by atoms with van der Waals surface area (Å²) in [5.41, 5.74) is 0.862. The van der Waals surface area contributed by atoms with Gasteiger partial charge in [0.25, 0.3) is 0 Å². The van der Waals surface area contributed by atoms with E-state index in [1.165, 1.54) is 17.3 Å². The van der Waals surface area contributed by atoms with E-state index in [0.717, 1.165) is 5.56 Å². The number of aryl methyl sites for hydroxylation is 1. The largest absolute Gasteiger partial charge is 0.480 e. The second-order valence-electron chi connectivity index (χ2n) is 4.56. The van der Waals surface area contributed by atoms with Crippen molar-refractivity contribution < 1.29 is 14.7 Å². The molecule has 0 radical (unpaired) electrons. The minimum Gasteiger partial charge on any atom is -0.480 e. The molecular formula is C14H16N4O3. The molecule has 0 aliphatic carbocycles. The van der Waals surface area contributed by atoms with Crippen LogP contribution in [0.5, 0.6) is 0 Å². The highest BCUT2D eigenvalue weighted by Crippen LogP contribution is 2.04. The van der Waals surface area contributed by atoms with E-state index in [-0.39, 0.29) is 18.7 Å². The molecule has 2 aromatic rings. The standard InChI is InChI=1S/C14H16N4O3/c19-13(6-7-18-10-15-9-16-18)17-12(14(20)21)8-11-4-2-1-3-5-11/h1-5,9-10,12H,6-8H2,(H,17,19)(H,20,21)/t12-/m1/s1. The molecule has 2 rings (SSSR count). The molecule has 1 aromatic heterocycles. The maximum absolute atomic E-state index is 11.8. The first-order chi connectivity index (χ1) is 10.1. The molecule has 0 fully saturated rings. The number of benzene rings is 1. The number of carboxylic acid groups (broad SMARTS) is 1. The highest BCUT2D eigenvalue weighted by atomic mass is 16.4. The lowest BCUT2D eigenvalue weighted by Crippen LogP contribution is -2.42. The first-order valence-corrected chi connectivity index (χ1v) is 6.53. The number of nitrogens with zero attached hydrogens (tertiary/aromatic N) is 3. The maximum atomic E-state index is 11.8. The third-order valence-corrected chi connectivity index (χ3v) is 2.95. The van der Waals surface area contributed by atoms with Crippen molar-refractivity contribution in [1.82, 2.24) is 20.1 Å². The molecule has 0 spiro atoms. The molecule has 1 atom stereocenters. The van der Waals surface area contributed by atoms with Crippen molar-refractivity contribution in [3.63, 3.8) is 0 Å². The molecule has 21 heavy (non-hydrogen) atoms. The Bertz CT molecular complexity index is 584. The van der Waals surface area contributed by atoms with Gasteiger partial charge in [-0.05, 0) is 5.56 Å². The van der Waals surface area contributed by atoms with Gasteiger partial charge in [-0.3, -0.25) is 9.48 Å². The van der Waals surface area contributed by atoms with E-state index in [1.807, 2.05) is 30.3 Å². The molecule has 1 heterocycles. The van der Waals surface area contributed by atoms with Crippen LogP contribution in [0, 0.1) is 0 Å². The average Bonchev–Trinajstić information content (AvgIpc) is 2.99. The maximum Gasteiger partial charge on any atom is 0.326 e. The number of carbonyl (C=O) groups is 2. The Balaban J connectivity index is 1.87. The van der Waals surface area contributed by atoms with Gasteiger partial charge in [-0.25, -0.2) is 9.78 Å². The van der Waals surface area contributed by atoms with Gasteiger partial charge >= 0.3 is 5.97 Å². The molecule has 110 valence electrons. The minimum absolute atomic E-state index is 0.155. The zero-order valence-corrected chi connectivity index (χ0v) is 11.3. The van der Waals surface area contributed by atoms with Crippen LogP contribution < -0.4 is 5.32 Å². The van der Waals surface area contributed by atoms with Gasteiger partial charge in [0.15, 0.2) is 0 Å². The fourth-order valence-electron chi connectivity index (χ4n) is 1.88. The first kappa shape index (κ1) is 14.7. The minimum atomic E-state index is -1.05. The van der Waals surface area contributed by atoms with Crippen LogP contribution in [0.4, 0.5) is 0 Å². The van der Waals surface area contributed by atoms with Gasteiger partial charge in [-0.15, -0.1) is 0 Å². The first-order valence-electron chi connectivity index (χ1n) is 6.53. The molecule has 0 aliphatic heterocycles. The predicted octanol–water partition coefficient (Wildman–Crippen LogP) is 0.480. The lowest BCUT2D eigenvalue weighted by atomic mass is 10.1. The van der Waals surface area contributed by atoms with Crippen LogP contribution in [-0.2, 0) is 22.6 Å². The molecular weight excluding hydrogens is 272 g/mol. The Morgan fingerprint density at radius 1 is 1.29 bits per heavy atom. The smallest absolute Gasteiger partial charge is 0.326 e. The molecule has 0 saturated heterocycles. The summed E-state index contributed by atoms with van der Waals surface area (Å²) in [6.45, 7) is 0.365. The van der Waals surface area contributed by atoms with Crippen LogP contribution in [0.2, 0.25) is 0 Å². The van der Waals surface area contributed by atoms with Gasteiger partial charge < -0.3 is 10.4 Å². The van der Waals surface area contributed by atoms with Crippen LogP contribution in [-0.4, -0.2) is 37.8 Å². The Hall–Kier alpha value is -2.70. The number of hydrogen-bond donors (Lipinski definition) is 2. The van der Waals surface area contributed by atoms with E-state index in [1.54, 1.807) is 0 Å². The van der Waals surface area contributed by atoms with E-state index >= 15 is 0 Å². The van der Waals surface area contributed by atoms with Gasteiger partial charge in [0, 0.05) is 12.8 Å². The van der Waals surface area contributed by atoms with Crippen molar-refractivity contribution in [1.29, 1.82) is 0 Å². The summed E-state index contributed by atoms with van der Waals surface area (Å²) in [5.74, 6) is -1.37. The summed E-state index contributed by atoms with van der Waals surface area (Å²) in [7, 11) is 0. The Labute approximate surface area is 121 Å². The molecule has 0 bridgehead atoms. The van der Waals surface area contributed by atoms with E-state index < -0.39 is 12.0 Å². The summed E-state index contributed by atoms with van der Waals surface area (Å²) < 4.78 is 1.52. The van der Waals surface area contributed by atoms with Crippen molar-refractivity contribution in [3.05, 3.63) is 48.5 Å². The fourth-order valence-corrected chi connectivity index (χ4v) is 1.88. The molecule has 1 amide bonds. The summed E-state index contributed by atoms with van der Waals surface area (Å²) in [5, 5.41) is 15.6. The summed E-state index contributed by atoms with van der Waals surface area (Å²) in [4.78, 5) is 26.8. The van der Waals surface area contributed by atoms with Crippen molar-refractivity contribution in [2.45, 2.75) is 25.4 Å². The zero-order chi connectivity index (χ0) is 15.1. The normalized spacial score (nSPS) is 11.8. The van der Waals surface area contributed by atoms with E-state index in [9.17, 15) is 14.7 Å². The molecule has 7 nitrogen and oxygen atoms in total. The van der Waals surface area contributed by atoms with Crippen molar-refractivity contribution >= 4 is 11.9 Å². The monoisotopic (exact) mass is 288 g/mol. The quantitative estimate of drug-likeness (QED) is 0.772. The van der Waals surface area contributed by atoms with Crippen LogP contribution in [0.25, 0.3) is 0 Å². The predicted molar refractivity (Wildman–Crippen MR) is 74.4 cm³/mol. The van der Waals surface area contributed by atoms with Gasteiger partial charge in [0.2, 0.25) is 5.91 Å². The van der Waals surface area contributed by atoms with Gasteiger partial charge in [-0.1, -0.05) is 30.3 Å². The molecule has 0 unspecified atom stereocenters. The highest BCUT2D eigenvalue weighted by Gasteiger charge is 2.20. The van der Waals surface area contributed by atoms with Crippen LogP contribution in [0.3, 0.4) is 0 Å². The Morgan fingerprint density at radius 2 is 2.05 bits per heavy atom. The topological polar surface area (TPSA) is 97.1 Å². The third-order valence-electron chi connectivity index (χ3n) is 2.95. The number of carbonyl (C=O) groups excluding carboxylic acids is 1. The summed E-state index contributed by atoms with van der Waals surface area (Å²) >= 11 is 0. The second kappa shape index (κ2) is 7.18. The fraction of sp³-hybridized carbons (Fsp3) is 0.286. The number of amides is 1. The highest BCUT2D eigenvalue weighted by molar-refractivity contribution is 5.83. The Kier molecular flexibility index (Phi) is 5.03. The number of hydrogen-bond acceptors (Lipinski definition) is 4. The van der Waals surface area contributed by atoms with Gasteiger partial charge in [0.05, 0.1) is 6.54 Å². The lowest BCUT2D eigenvalue weighted by Gasteiger charge is -2.14. The number of aliphatic carboxylic acids is 1. The number of aromatic nitrogens is 3. The van der Waals surface area contributed by atoms with Gasteiger partial charge in [-0.2, -0.15) is 5.10 Å². The SMILES string of the molecule is O=C(CCn1cncn1)N[C@H](Cc1ccccc1)C(=O)O. The number of nitrogens with one attached hydrogen (secondary N) is 1. The number of rotatable bonds is 7. The molecule has 7 heteroatoms. The van der Waals surface area contributed by atoms with Crippen LogP contribution in [0.1, 0.15) is 12.0 Å². The second-order valence-corrected chi connectivity index (χ2v) is 4.56. The van der Waals surface area contributed by atoms with Crippen LogP contribution in [0.15, 0.2) is 43.0 Å². The molecule has 1 aromatic carbocycles. The van der Waals surface area contributed by atoms with E-state index in [4.69, 9.17) is 0 Å². The van der Waals surface area contributed by atoms with Crippen molar-refractivity contribution in [2.75, 3.05) is 0 Å². The third kappa shape index (κ3) is 4.72. The molecule has 0 aliphatic rings. The molecule has 2 N–H and O–H groups in total. The average molecular weight is 288 g/mol. The summed E-state index contributed by atoms with van der Waals surface area (Å²) in [6, 6.07) is 8.25. The summed E-state index contributed by atoms with van der Waals surface area (Å²) in [6.07, 6.45) is 3.30. The lowest BCUT2D eigenvalue weighted by molar-refractivity contribution is -0.141. The zero-order valence-electron chi connectivity index (χ0n) is 11.3. The van der Waals surface area contributed by atoms with Crippen molar-refractivity contribution in [2.24, 2.45) is 0 Å². The van der Waals surface area contributed by atoms with E-state index in [0.29, 0.717) is 6.54 Å². The van der Waals surface area contributed by atoms with Crippen LogP contribution >= 0.6 is 0 Å². The number of carboxylic acids is 1. The van der Waals surface area contributed by atoms with Crippen molar-refractivity contribution in [3.8, 4) is 0 Å². The Morgan fingerprint density at radius 3 is 2.67 bits per heavy atom.